The third-order valence-electron chi connectivity index (χ3n) is 5.70. The summed E-state index contributed by atoms with van der Waals surface area (Å²) in [4.78, 5) is 17.8. The second kappa shape index (κ2) is 9.95. The molecule has 1 heterocycles. The van der Waals surface area contributed by atoms with Crippen molar-refractivity contribution in [3.63, 3.8) is 0 Å². The molecule has 1 fully saturated rings. The number of likely N-dealkylation sites (N-methyl/N-ethyl adjacent to an activating group) is 1. The predicted octanol–water partition coefficient (Wildman–Crippen LogP) is 4.32. The summed E-state index contributed by atoms with van der Waals surface area (Å²) in [5.41, 5.74) is 2.50. The van der Waals surface area contributed by atoms with Crippen LogP contribution in [0.15, 0.2) is 77.7 Å². The third kappa shape index (κ3) is 5.74. The van der Waals surface area contributed by atoms with Crippen LogP contribution >= 0.6 is 11.6 Å². The summed E-state index contributed by atoms with van der Waals surface area (Å²) in [6.45, 7) is 3.59. The molecule has 0 saturated carbocycles. The van der Waals surface area contributed by atoms with Crippen molar-refractivity contribution in [1.82, 2.24) is 4.90 Å². The molecule has 0 spiro atoms. The summed E-state index contributed by atoms with van der Waals surface area (Å²) >= 11 is 6.22. The van der Waals surface area contributed by atoms with Crippen molar-refractivity contribution >= 4 is 38.7 Å². The van der Waals surface area contributed by atoms with E-state index in [1.54, 1.807) is 60.7 Å². The molecule has 1 aliphatic rings. The molecule has 3 aromatic carbocycles. The lowest BCUT2D eigenvalue weighted by molar-refractivity contribution is 0.102. The molecule has 0 atom stereocenters. The fourth-order valence-electron chi connectivity index (χ4n) is 3.86. The van der Waals surface area contributed by atoms with Gasteiger partial charge in [-0.15, -0.1) is 0 Å². The van der Waals surface area contributed by atoms with Crippen molar-refractivity contribution < 1.29 is 13.2 Å². The molecule has 0 radical (unpaired) electrons. The van der Waals surface area contributed by atoms with Crippen molar-refractivity contribution in [3.8, 4) is 0 Å². The number of carbonyl (C=O) groups excluding carboxylic acids is 1. The van der Waals surface area contributed by atoms with Crippen molar-refractivity contribution in [2.45, 2.75) is 10.6 Å². The van der Waals surface area contributed by atoms with E-state index in [1.807, 2.05) is 12.1 Å². The molecule has 0 aliphatic carbocycles. The molecule has 3 aromatic rings. The van der Waals surface area contributed by atoms with Crippen LogP contribution in [0.4, 0.5) is 11.4 Å². The second-order valence-corrected chi connectivity index (χ2v) is 10.6. The van der Waals surface area contributed by atoms with Crippen LogP contribution in [-0.4, -0.2) is 52.5 Å². The smallest absolute Gasteiger partial charge is 0.255 e. The lowest BCUT2D eigenvalue weighted by Gasteiger charge is -2.35. The van der Waals surface area contributed by atoms with Crippen molar-refractivity contribution in [2.75, 3.05) is 43.4 Å². The van der Waals surface area contributed by atoms with Crippen LogP contribution in [-0.2, 0) is 15.6 Å². The fraction of sp³-hybridized carbons (Fsp3) is 0.240. The normalized spacial score (nSPS) is 14.8. The number of halogens is 1. The van der Waals surface area contributed by atoms with Gasteiger partial charge in [-0.25, -0.2) is 8.42 Å². The van der Waals surface area contributed by atoms with Crippen molar-refractivity contribution in [3.05, 3.63) is 88.9 Å². The predicted molar refractivity (Wildman–Crippen MR) is 133 cm³/mol. The minimum Gasteiger partial charge on any atom is -0.367 e. The van der Waals surface area contributed by atoms with Crippen LogP contribution in [0.5, 0.6) is 0 Å². The molecule has 1 N–H and O–H groups in total. The zero-order valence-electron chi connectivity index (χ0n) is 18.4. The average Bonchev–Trinajstić information content (AvgIpc) is 2.80. The van der Waals surface area contributed by atoms with Crippen LogP contribution < -0.4 is 10.2 Å². The largest absolute Gasteiger partial charge is 0.367 e. The molecule has 1 aliphatic heterocycles. The highest BCUT2D eigenvalue weighted by Gasteiger charge is 2.20. The maximum atomic E-state index is 13.1. The first kappa shape index (κ1) is 23.3. The Bertz CT molecular complexity index is 1240. The van der Waals surface area contributed by atoms with Crippen LogP contribution in [0.1, 0.15) is 15.9 Å². The van der Waals surface area contributed by atoms with Gasteiger partial charge in [-0.1, -0.05) is 41.9 Å². The molecule has 1 saturated heterocycles. The summed E-state index contributed by atoms with van der Waals surface area (Å²) in [6.07, 6.45) is 0. The minimum absolute atomic E-state index is 0.179. The Kier molecular flexibility index (Phi) is 7.02. The highest BCUT2D eigenvalue weighted by molar-refractivity contribution is 7.90. The number of benzene rings is 3. The maximum absolute atomic E-state index is 13.1. The lowest BCUT2D eigenvalue weighted by atomic mass is 10.1. The fourth-order valence-corrected chi connectivity index (χ4v) is 5.39. The zero-order valence-corrected chi connectivity index (χ0v) is 19.9. The summed E-state index contributed by atoms with van der Waals surface area (Å²) in [5, 5.41) is 3.50. The van der Waals surface area contributed by atoms with Gasteiger partial charge in [-0.05, 0) is 55.1 Å². The van der Waals surface area contributed by atoms with Crippen LogP contribution in [0.2, 0.25) is 5.02 Å². The highest BCUT2D eigenvalue weighted by Crippen LogP contribution is 2.30. The van der Waals surface area contributed by atoms with E-state index in [9.17, 15) is 13.2 Å². The van der Waals surface area contributed by atoms with Gasteiger partial charge < -0.3 is 15.1 Å². The molecule has 172 valence electrons. The number of rotatable bonds is 6. The third-order valence-corrected chi connectivity index (χ3v) is 7.64. The topological polar surface area (TPSA) is 69.7 Å². The summed E-state index contributed by atoms with van der Waals surface area (Å²) < 4.78 is 25.5. The van der Waals surface area contributed by atoms with Gasteiger partial charge in [0.2, 0.25) is 0 Å². The summed E-state index contributed by atoms with van der Waals surface area (Å²) in [6, 6.07) is 20.5. The zero-order chi connectivity index (χ0) is 23.4. The van der Waals surface area contributed by atoms with E-state index in [-0.39, 0.29) is 16.6 Å². The van der Waals surface area contributed by atoms with E-state index in [0.29, 0.717) is 21.8 Å². The molecule has 0 unspecified atom stereocenters. The van der Waals surface area contributed by atoms with Gasteiger partial charge in [0.05, 0.1) is 22.0 Å². The number of amides is 1. The second-order valence-electron chi connectivity index (χ2n) is 8.18. The molecule has 33 heavy (non-hydrogen) atoms. The Morgan fingerprint density at radius 3 is 2.39 bits per heavy atom. The molecule has 0 bridgehead atoms. The molecule has 0 aromatic heterocycles. The Labute approximate surface area is 199 Å². The Balaban J connectivity index is 1.54. The Morgan fingerprint density at radius 1 is 0.939 bits per heavy atom. The average molecular weight is 484 g/mol. The number of sulfone groups is 1. The number of piperazine rings is 1. The van der Waals surface area contributed by atoms with Gasteiger partial charge in [0.1, 0.15) is 0 Å². The van der Waals surface area contributed by atoms with E-state index in [2.05, 4.69) is 22.2 Å². The Hall–Kier alpha value is -2.87. The van der Waals surface area contributed by atoms with Crippen molar-refractivity contribution in [1.29, 1.82) is 0 Å². The van der Waals surface area contributed by atoms with E-state index in [4.69, 9.17) is 11.6 Å². The minimum atomic E-state index is -3.51. The Morgan fingerprint density at radius 2 is 1.67 bits per heavy atom. The molecular weight excluding hydrogens is 458 g/mol. The molecule has 8 heteroatoms. The number of hydrogen-bond donors (Lipinski definition) is 1. The van der Waals surface area contributed by atoms with Gasteiger partial charge in [0.15, 0.2) is 9.84 Å². The maximum Gasteiger partial charge on any atom is 0.255 e. The first-order chi connectivity index (χ1) is 15.8. The highest BCUT2D eigenvalue weighted by atomic mass is 35.5. The van der Waals surface area contributed by atoms with E-state index in [0.717, 1.165) is 31.9 Å². The quantitative estimate of drug-likeness (QED) is 0.565. The molecular formula is C25H26ClN3O3S. The lowest BCUT2D eigenvalue weighted by Crippen LogP contribution is -2.44. The van der Waals surface area contributed by atoms with E-state index >= 15 is 0 Å². The van der Waals surface area contributed by atoms with Crippen LogP contribution in [0, 0.1) is 0 Å². The summed E-state index contributed by atoms with van der Waals surface area (Å²) in [5.74, 6) is -0.492. The van der Waals surface area contributed by atoms with Gasteiger partial charge in [0, 0.05) is 36.8 Å². The number of nitrogens with zero attached hydrogens (tertiary/aromatic N) is 2. The molecule has 6 nitrogen and oxygen atoms in total. The van der Waals surface area contributed by atoms with Gasteiger partial charge in [-0.3, -0.25) is 4.79 Å². The van der Waals surface area contributed by atoms with Crippen molar-refractivity contribution in [2.24, 2.45) is 0 Å². The van der Waals surface area contributed by atoms with Gasteiger partial charge in [0.25, 0.3) is 5.91 Å². The standard InChI is InChI=1S/C25H26ClN3O3S/c1-28-12-14-29(15-13-28)24-11-10-21(26)17-23(24)27-25(30)20-7-5-6-19(16-20)18-33(31,32)22-8-3-2-4-9-22/h2-11,16-17H,12-15,18H2,1H3,(H,27,30). The van der Waals surface area contributed by atoms with Crippen LogP contribution in [0.3, 0.4) is 0 Å². The summed E-state index contributed by atoms with van der Waals surface area (Å²) in [7, 11) is -1.42. The number of hydrogen-bond acceptors (Lipinski definition) is 5. The molecule has 4 rings (SSSR count). The number of nitrogens with one attached hydrogen (secondary N) is 1. The van der Waals surface area contributed by atoms with Crippen LogP contribution in [0.25, 0.3) is 0 Å². The monoisotopic (exact) mass is 483 g/mol. The van der Waals surface area contributed by atoms with E-state index in [1.165, 1.54) is 0 Å². The first-order valence-electron chi connectivity index (χ1n) is 10.7. The van der Waals surface area contributed by atoms with E-state index < -0.39 is 9.84 Å². The van der Waals surface area contributed by atoms with Gasteiger partial charge >= 0.3 is 0 Å². The molecule has 1 amide bonds. The number of carbonyl (C=O) groups is 1. The van der Waals surface area contributed by atoms with Gasteiger partial charge in [-0.2, -0.15) is 0 Å². The first-order valence-corrected chi connectivity index (χ1v) is 12.8. The number of anilines is 2. The SMILES string of the molecule is CN1CCN(c2ccc(Cl)cc2NC(=O)c2cccc(CS(=O)(=O)c3ccccc3)c2)CC1.